The van der Waals surface area contributed by atoms with Crippen LogP contribution in [0.1, 0.15) is 25.5 Å². The molecule has 0 fully saturated rings. The van der Waals surface area contributed by atoms with E-state index in [1.54, 1.807) is 50.2 Å². The molecule has 0 saturated carbocycles. The molecular formula is C20H18ClNO4. The second-order valence-corrected chi connectivity index (χ2v) is 6.86. The van der Waals surface area contributed by atoms with Gasteiger partial charge in [-0.1, -0.05) is 37.6 Å². The van der Waals surface area contributed by atoms with Crippen molar-refractivity contribution in [2.24, 2.45) is 5.92 Å². The minimum Gasteiger partial charge on any atom is -0.508 e. The van der Waals surface area contributed by atoms with E-state index in [0.29, 0.717) is 16.3 Å². The number of ketones is 1. The molecule has 1 aliphatic rings. The average Bonchev–Trinajstić information content (AvgIpc) is 2.87. The molecule has 2 aromatic carbocycles. The normalized spacial score (nSPS) is 17.3. The number of carbonyl (C=O) groups is 2. The summed E-state index contributed by atoms with van der Waals surface area (Å²) in [7, 11) is 0. The first-order valence-corrected chi connectivity index (χ1v) is 8.54. The zero-order chi connectivity index (χ0) is 19.0. The number of carbonyl (C=O) groups excluding carboxylic acids is 2. The van der Waals surface area contributed by atoms with Gasteiger partial charge in [-0.3, -0.25) is 14.5 Å². The molecule has 1 aliphatic heterocycles. The summed E-state index contributed by atoms with van der Waals surface area (Å²) in [6, 6.07) is 12.0. The molecule has 0 radical (unpaired) electrons. The van der Waals surface area contributed by atoms with Crippen molar-refractivity contribution in [1.29, 1.82) is 0 Å². The molecule has 5 nitrogen and oxygen atoms in total. The molecule has 0 aromatic heterocycles. The van der Waals surface area contributed by atoms with Crippen LogP contribution < -0.4 is 4.90 Å². The van der Waals surface area contributed by atoms with Crippen LogP contribution in [-0.2, 0) is 9.59 Å². The maximum atomic E-state index is 12.8. The van der Waals surface area contributed by atoms with Crippen LogP contribution in [-0.4, -0.2) is 21.9 Å². The fraction of sp³-hybridized carbons (Fsp3) is 0.200. The third-order valence-electron chi connectivity index (χ3n) is 4.31. The predicted molar refractivity (Wildman–Crippen MR) is 99.3 cm³/mol. The van der Waals surface area contributed by atoms with Crippen molar-refractivity contribution >= 4 is 29.0 Å². The Balaban J connectivity index is 2.17. The van der Waals surface area contributed by atoms with Crippen molar-refractivity contribution in [1.82, 2.24) is 0 Å². The molecule has 3 rings (SSSR count). The molecule has 6 heteroatoms. The Kier molecular flexibility index (Phi) is 4.74. The predicted octanol–water partition coefficient (Wildman–Crippen LogP) is 4.17. The summed E-state index contributed by atoms with van der Waals surface area (Å²) in [5.41, 5.74) is 1.18. The van der Waals surface area contributed by atoms with Crippen molar-refractivity contribution in [3.8, 4) is 5.75 Å². The highest BCUT2D eigenvalue weighted by molar-refractivity contribution is 6.30. The number of phenols is 1. The minimum absolute atomic E-state index is 0.0608. The van der Waals surface area contributed by atoms with Gasteiger partial charge in [0.15, 0.2) is 11.5 Å². The van der Waals surface area contributed by atoms with E-state index in [2.05, 4.69) is 0 Å². The molecule has 26 heavy (non-hydrogen) atoms. The third kappa shape index (κ3) is 3.06. The fourth-order valence-electron chi connectivity index (χ4n) is 3.01. The smallest absolute Gasteiger partial charge is 0.294 e. The standard InChI is InChI=1S/C20H18ClNO4/c1-11(2)18(24)16-17(12-3-9-15(23)10-4-12)22(20(26)19(16)25)14-7-5-13(21)6-8-14/h3-11,17,23,25H,1-2H3. The van der Waals surface area contributed by atoms with Crippen LogP contribution >= 0.6 is 11.6 Å². The van der Waals surface area contributed by atoms with E-state index in [1.165, 1.54) is 17.0 Å². The van der Waals surface area contributed by atoms with E-state index < -0.39 is 17.7 Å². The molecule has 1 amide bonds. The van der Waals surface area contributed by atoms with Gasteiger partial charge in [-0.05, 0) is 42.0 Å². The number of aliphatic hydroxyl groups excluding tert-OH is 1. The van der Waals surface area contributed by atoms with Crippen molar-refractivity contribution in [3.05, 3.63) is 70.4 Å². The number of rotatable bonds is 4. The average molecular weight is 372 g/mol. The fourth-order valence-corrected chi connectivity index (χ4v) is 3.13. The minimum atomic E-state index is -0.779. The van der Waals surface area contributed by atoms with Gasteiger partial charge in [-0.2, -0.15) is 0 Å². The monoisotopic (exact) mass is 371 g/mol. The van der Waals surface area contributed by atoms with Gasteiger partial charge < -0.3 is 10.2 Å². The van der Waals surface area contributed by atoms with Crippen LogP contribution in [0.5, 0.6) is 5.75 Å². The van der Waals surface area contributed by atoms with Crippen LogP contribution in [0.25, 0.3) is 0 Å². The highest BCUT2D eigenvalue weighted by atomic mass is 35.5. The highest BCUT2D eigenvalue weighted by Crippen LogP contribution is 2.42. The number of anilines is 1. The van der Waals surface area contributed by atoms with Crippen molar-refractivity contribution < 1.29 is 19.8 Å². The Bertz CT molecular complexity index is 885. The molecule has 2 aromatic rings. The molecule has 1 unspecified atom stereocenters. The lowest BCUT2D eigenvalue weighted by atomic mass is 9.91. The van der Waals surface area contributed by atoms with E-state index in [0.717, 1.165) is 0 Å². The number of halogens is 1. The lowest BCUT2D eigenvalue weighted by Gasteiger charge is -2.27. The van der Waals surface area contributed by atoms with Crippen molar-refractivity contribution in [2.75, 3.05) is 4.90 Å². The van der Waals surface area contributed by atoms with Crippen molar-refractivity contribution in [3.63, 3.8) is 0 Å². The Morgan fingerprint density at radius 3 is 2.15 bits per heavy atom. The van der Waals surface area contributed by atoms with Gasteiger partial charge >= 0.3 is 0 Å². The highest BCUT2D eigenvalue weighted by Gasteiger charge is 2.44. The summed E-state index contributed by atoms with van der Waals surface area (Å²) >= 11 is 5.93. The lowest BCUT2D eigenvalue weighted by Crippen LogP contribution is -2.31. The molecule has 0 aliphatic carbocycles. The quantitative estimate of drug-likeness (QED) is 0.845. The number of Topliss-reactive ketones (excluding diaryl/α,β-unsaturated/α-hetero) is 1. The number of amides is 1. The molecule has 1 atom stereocenters. The number of phenolic OH excluding ortho intramolecular Hbond substituents is 1. The summed E-state index contributed by atoms with van der Waals surface area (Å²) < 4.78 is 0. The van der Waals surface area contributed by atoms with Crippen LogP contribution in [0.2, 0.25) is 5.02 Å². The molecule has 2 N–H and O–H groups in total. The Hall–Kier alpha value is -2.79. The first-order valence-electron chi connectivity index (χ1n) is 8.16. The number of aromatic hydroxyl groups is 1. The number of hydrogen-bond acceptors (Lipinski definition) is 4. The SMILES string of the molecule is CC(C)C(=O)C1=C(O)C(=O)N(c2ccc(Cl)cc2)C1c1ccc(O)cc1. The van der Waals surface area contributed by atoms with Crippen LogP contribution in [0, 0.1) is 5.92 Å². The molecule has 134 valence electrons. The molecule has 0 saturated heterocycles. The molecule has 0 spiro atoms. The zero-order valence-electron chi connectivity index (χ0n) is 14.3. The van der Waals surface area contributed by atoms with Gasteiger partial charge in [0.2, 0.25) is 0 Å². The van der Waals surface area contributed by atoms with E-state index in [4.69, 9.17) is 11.6 Å². The summed E-state index contributed by atoms with van der Waals surface area (Å²) in [6.07, 6.45) is 0. The Labute approximate surface area is 156 Å². The Morgan fingerprint density at radius 1 is 1.04 bits per heavy atom. The molecule has 0 bridgehead atoms. The summed E-state index contributed by atoms with van der Waals surface area (Å²) in [5, 5.41) is 20.5. The van der Waals surface area contributed by atoms with E-state index in [9.17, 15) is 19.8 Å². The number of aliphatic hydroxyl groups is 1. The summed E-state index contributed by atoms with van der Waals surface area (Å²) in [6.45, 7) is 3.43. The summed E-state index contributed by atoms with van der Waals surface area (Å²) in [4.78, 5) is 26.8. The van der Waals surface area contributed by atoms with Gasteiger partial charge in [0.1, 0.15) is 5.75 Å². The van der Waals surface area contributed by atoms with Gasteiger partial charge in [-0.15, -0.1) is 0 Å². The Morgan fingerprint density at radius 2 is 1.62 bits per heavy atom. The van der Waals surface area contributed by atoms with Crippen molar-refractivity contribution in [2.45, 2.75) is 19.9 Å². The zero-order valence-corrected chi connectivity index (χ0v) is 15.1. The van der Waals surface area contributed by atoms with Crippen LogP contribution in [0.3, 0.4) is 0 Å². The van der Waals surface area contributed by atoms with Gasteiger partial charge in [-0.25, -0.2) is 0 Å². The first-order chi connectivity index (χ1) is 12.3. The van der Waals surface area contributed by atoms with Gasteiger partial charge in [0.05, 0.1) is 11.6 Å². The van der Waals surface area contributed by atoms with E-state index >= 15 is 0 Å². The second kappa shape index (κ2) is 6.84. The maximum absolute atomic E-state index is 12.8. The number of nitrogens with zero attached hydrogens (tertiary/aromatic N) is 1. The van der Waals surface area contributed by atoms with Crippen LogP contribution in [0.15, 0.2) is 59.9 Å². The second-order valence-electron chi connectivity index (χ2n) is 6.43. The third-order valence-corrected chi connectivity index (χ3v) is 4.56. The van der Waals surface area contributed by atoms with Gasteiger partial charge in [0.25, 0.3) is 5.91 Å². The number of benzene rings is 2. The molecule has 1 heterocycles. The molecular weight excluding hydrogens is 354 g/mol. The van der Waals surface area contributed by atoms with E-state index in [1.807, 2.05) is 0 Å². The maximum Gasteiger partial charge on any atom is 0.294 e. The lowest BCUT2D eigenvalue weighted by molar-refractivity contribution is -0.119. The summed E-state index contributed by atoms with van der Waals surface area (Å²) in [5.74, 6) is -1.80. The topological polar surface area (TPSA) is 77.8 Å². The van der Waals surface area contributed by atoms with Gasteiger partial charge in [0, 0.05) is 16.6 Å². The number of hydrogen-bond donors (Lipinski definition) is 2. The van der Waals surface area contributed by atoms with E-state index in [-0.39, 0.29) is 23.0 Å². The first kappa shape index (κ1) is 18.0. The largest absolute Gasteiger partial charge is 0.508 e. The van der Waals surface area contributed by atoms with Crippen LogP contribution in [0.4, 0.5) is 5.69 Å².